The fraction of sp³-hybridized carbons (Fsp3) is 0.182. The molecule has 7 heteroatoms. The van der Waals surface area contributed by atoms with E-state index in [-0.39, 0.29) is 5.91 Å². The highest BCUT2D eigenvalue weighted by Gasteiger charge is 2.14. The molecule has 0 spiro atoms. The van der Waals surface area contributed by atoms with Crippen LogP contribution < -0.4 is 5.32 Å². The van der Waals surface area contributed by atoms with Crippen molar-refractivity contribution in [2.75, 3.05) is 6.54 Å². The van der Waals surface area contributed by atoms with Crippen LogP contribution in [-0.4, -0.2) is 32.2 Å². The Kier molecular flexibility index (Phi) is 5.22. The molecular formula is C22H21N5OS. The molecule has 0 saturated heterocycles. The van der Waals surface area contributed by atoms with Gasteiger partial charge in [0.05, 0.1) is 16.8 Å². The zero-order valence-corrected chi connectivity index (χ0v) is 17.1. The first kappa shape index (κ1) is 19.0. The number of nitrogens with zero attached hydrogens (tertiary/aromatic N) is 3. The fourth-order valence-electron chi connectivity index (χ4n) is 3.22. The van der Waals surface area contributed by atoms with Gasteiger partial charge in [0, 0.05) is 31.0 Å². The lowest BCUT2D eigenvalue weighted by molar-refractivity contribution is 0.0955. The van der Waals surface area contributed by atoms with Crippen LogP contribution in [0.4, 0.5) is 0 Å². The fourth-order valence-corrected chi connectivity index (χ4v) is 3.37. The van der Waals surface area contributed by atoms with E-state index in [2.05, 4.69) is 15.5 Å². The molecule has 0 bridgehead atoms. The normalized spacial score (nSPS) is 11.0. The van der Waals surface area contributed by atoms with E-state index in [0.29, 0.717) is 23.3 Å². The molecule has 0 fully saturated rings. The van der Waals surface area contributed by atoms with Gasteiger partial charge in [0.2, 0.25) is 0 Å². The summed E-state index contributed by atoms with van der Waals surface area (Å²) in [7, 11) is 1.85. The van der Waals surface area contributed by atoms with Crippen molar-refractivity contribution >= 4 is 29.0 Å². The van der Waals surface area contributed by atoms with E-state index in [1.54, 1.807) is 4.57 Å². The Morgan fingerprint density at radius 2 is 1.93 bits per heavy atom. The summed E-state index contributed by atoms with van der Waals surface area (Å²) in [6.45, 7) is 2.51. The van der Waals surface area contributed by atoms with E-state index in [4.69, 9.17) is 17.2 Å². The van der Waals surface area contributed by atoms with E-state index in [1.807, 2.05) is 68.6 Å². The lowest BCUT2D eigenvalue weighted by Gasteiger charge is -2.11. The van der Waals surface area contributed by atoms with Crippen molar-refractivity contribution in [3.05, 3.63) is 76.3 Å². The van der Waals surface area contributed by atoms with Gasteiger partial charge < -0.3 is 9.88 Å². The monoisotopic (exact) mass is 403 g/mol. The number of para-hydroxylation sites is 1. The van der Waals surface area contributed by atoms with Crippen molar-refractivity contribution in [2.24, 2.45) is 7.05 Å². The number of amides is 1. The molecule has 2 heterocycles. The van der Waals surface area contributed by atoms with Crippen LogP contribution in [0.2, 0.25) is 0 Å². The van der Waals surface area contributed by atoms with Crippen molar-refractivity contribution in [1.29, 1.82) is 0 Å². The molecule has 0 unspecified atom stereocenters. The number of fused-ring (bicyclic) bond motifs is 1. The number of aromatic amines is 1. The summed E-state index contributed by atoms with van der Waals surface area (Å²) in [6, 6.07) is 17.7. The first-order chi connectivity index (χ1) is 14.0. The van der Waals surface area contributed by atoms with Crippen LogP contribution in [0, 0.1) is 11.7 Å². The van der Waals surface area contributed by atoms with Gasteiger partial charge in [0.15, 0.2) is 4.77 Å². The number of aryl methyl sites for hydroxylation is 1. The van der Waals surface area contributed by atoms with Crippen LogP contribution in [0.25, 0.3) is 22.2 Å². The Labute approximate surface area is 173 Å². The van der Waals surface area contributed by atoms with Crippen molar-refractivity contribution in [3.8, 4) is 11.3 Å². The molecule has 146 valence electrons. The van der Waals surface area contributed by atoms with E-state index >= 15 is 0 Å². The average molecular weight is 404 g/mol. The number of hydrogen-bond acceptors (Lipinski definition) is 4. The Balaban J connectivity index is 1.62. The molecule has 4 rings (SSSR count). The van der Waals surface area contributed by atoms with Gasteiger partial charge in [-0.3, -0.25) is 9.89 Å². The quantitative estimate of drug-likeness (QED) is 0.495. The molecule has 4 aromatic rings. The van der Waals surface area contributed by atoms with Gasteiger partial charge in [-0.1, -0.05) is 48.0 Å². The molecule has 6 nitrogen and oxygen atoms in total. The summed E-state index contributed by atoms with van der Waals surface area (Å²) in [4.78, 5) is 17.7. The van der Waals surface area contributed by atoms with Crippen LogP contribution in [0.3, 0.4) is 0 Å². The predicted molar refractivity (Wildman–Crippen MR) is 116 cm³/mol. The van der Waals surface area contributed by atoms with E-state index in [0.717, 1.165) is 28.0 Å². The number of hydrogen-bond donors (Lipinski definition) is 2. The minimum absolute atomic E-state index is 0.131. The highest BCUT2D eigenvalue weighted by molar-refractivity contribution is 7.71. The first-order valence-corrected chi connectivity index (χ1v) is 9.79. The van der Waals surface area contributed by atoms with Crippen LogP contribution >= 0.6 is 12.2 Å². The number of aromatic nitrogens is 4. The van der Waals surface area contributed by atoms with Crippen molar-refractivity contribution < 1.29 is 4.79 Å². The Bertz CT molecular complexity index is 1240. The topological polar surface area (TPSA) is 75.6 Å². The highest BCUT2D eigenvalue weighted by atomic mass is 32.1. The Morgan fingerprint density at radius 1 is 1.17 bits per heavy atom. The summed E-state index contributed by atoms with van der Waals surface area (Å²) >= 11 is 5.12. The molecule has 2 aromatic carbocycles. The number of benzene rings is 2. The van der Waals surface area contributed by atoms with E-state index in [1.165, 1.54) is 5.56 Å². The predicted octanol–water partition coefficient (Wildman–Crippen LogP) is 3.97. The SMILES string of the molecule is Cc1ccc(-c2cc(C(=O)NCCc3n[nH]c(=S)n3C)c3ccccc3n2)cc1. The summed E-state index contributed by atoms with van der Waals surface area (Å²) in [5, 5.41) is 10.8. The number of H-pyrrole nitrogens is 1. The maximum atomic E-state index is 13.0. The summed E-state index contributed by atoms with van der Waals surface area (Å²) in [5.41, 5.74) is 4.35. The number of carbonyl (C=O) groups excluding carboxylic acids is 1. The molecule has 0 aliphatic carbocycles. The van der Waals surface area contributed by atoms with Gasteiger partial charge in [-0.05, 0) is 31.3 Å². The molecule has 29 heavy (non-hydrogen) atoms. The van der Waals surface area contributed by atoms with Gasteiger partial charge in [0.1, 0.15) is 5.82 Å². The first-order valence-electron chi connectivity index (χ1n) is 9.38. The molecule has 0 atom stereocenters. The van der Waals surface area contributed by atoms with Crippen LogP contribution in [0.15, 0.2) is 54.6 Å². The number of carbonyl (C=O) groups is 1. The minimum Gasteiger partial charge on any atom is -0.352 e. The molecule has 0 aliphatic heterocycles. The third-order valence-corrected chi connectivity index (χ3v) is 5.28. The molecule has 0 radical (unpaired) electrons. The standard InChI is InChI=1S/C22H21N5OS/c1-14-7-9-15(10-8-14)19-13-17(16-5-3-4-6-18(16)24-19)21(28)23-12-11-20-25-26-22(29)27(20)2/h3-10,13H,11-12H2,1-2H3,(H,23,28)(H,26,29). The number of nitrogens with one attached hydrogen (secondary N) is 2. The van der Waals surface area contributed by atoms with Crippen LogP contribution in [-0.2, 0) is 13.5 Å². The number of pyridine rings is 1. The van der Waals surface area contributed by atoms with Gasteiger partial charge in [-0.2, -0.15) is 5.10 Å². The lowest BCUT2D eigenvalue weighted by Crippen LogP contribution is -2.26. The lowest BCUT2D eigenvalue weighted by atomic mass is 10.0. The minimum atomic E-state index is -0.131. The second kappa shape index (κ2) is 7.97. The third kappa shape index (κ3) is 3.95. The Hall–Kier alpha value is -3.32. The zero-order chi connectivity index (χ0) is 20.4. The van der Waals surface area contributed by atoms with Crippen molar-refractivity contribution in [2.45, 2.75) is 13.3 Å². The maximum absolute atomic E-state index is 13.0. The van der Waals surface area contributed by atoms with Crippen molar-refractivity contribution in [3.63, 3.8) is 0 Å². The Morgan fingerprint density at radius 3 is 2.66 bits per heavy atom. The van der Waals surface area contributed by atoms with Crippen LogP contribution in [0.1, 0.15) is 21.7 Å². The molecule has 2 N–H and O–H groups in total. The summed E-state index contributed by atoms with van der Waals surface area (Å²) in [6.07, 6.45) is 0.587. The molecule has 2 aromatic heterocycles. The second-order valence-electron chi connectivity index (χ2n) is 6.95. The highest BCUT2D eigenvalue weighted by Crippen LogP contribution is 2.25. The maximum Gasteiger partial charge on any atom is 0.252 e. The summed E-state index contributed by atoms with van der Waals surface area (Å²) in [5.74, 6) is 0.670. The van der Waals surface area contributed by atoms with Gasteiger partial charge in [0.25, 0.3) is 5.91 Å². The number of rotatable bonds is 5. The smallest absolute Gasteiger partial charge is 0.252 e. The molecule has 1 amide bonds. The van der Waals surface area contributed by atoms with E-state index < -0.39 is 0 Å². The van der Waals surface area contributed by atoms with E-state index in [9.17, 15) is 4.79 Å². The molecule has 0 aliphatic rings. The van der Waals surface area contributed by atoms with Gasteiger partial charge in [-0.25, -0.2) is 4.98 Å². The summed E-state index contributed by atoms with van der Waals surface area (Å²) < 4.78 is 2.37. The third-order valence-electron chi connectivity index (χ3n) is 4.91. The van der Waals surface area contributed by atoms with Crippen LogP contribution in [0.5, 0.6) is 0 Å². The molecule has 0 saturated carbocycles. The second-order valence-corrected chi connectivity index (χ2v) is 7.33. The average Bonchev–Trinajstić information content (AvgIpc) is 3.05. The van der Waals surface area contributed by atoms with Gasteiger partial charge in [-0.15, -0.1) is 0 Å². The zero-order valence-electron chi connectivity index (χ0n) is 16.3. The van der Waals surface area contributed by atoms with Gasteiger partial charge >= 0.3 is 0 Å². The van der Waals surface area contributed by atoms with Crippen molar-refractivity contribution in [1.82, 2.24) is 25.1 Å². The largest absolute Gasteiger partial charge is 0.352 e. The molecular weight excluding hydrogens is 382 g/mol.